The summed E-state index contributed by atoms with van der Waals surface area (Å²) in [5.74, 6) is 0.688. The summed E-state index contributed by atoms with van der Waals surface area (Å²) in [7, 11) is 0. The molecule has 1 N–H and O–H groups in total. The van der Waals surface area contributed by atoms with Crippen LogP contribution in [0.5, 0.6) is 0 Å². The molecule has 0 saturated carbocycles. The first-order valence-electron chi connectivity index (χ1n) is 4.68. The van der Waals surface area contributed by atoms with Crippen molar-refractivity contribution in [2.75, 3.05) is 6.61 Å². The van der Waals surface area contributed by atoms with Gasteiger partial charge in [-0.3, -0.25) is 5.41 Å². The molecule has 0 aromatic rings. The molecule has 2 rings (SSSR count). The van der Waals surface area contributed by atoms with Gasteiger partial charge < -0.3 is 9.47 Å². The van der Waals surface area contributed by atoms with Gasteiger partial charge >= 0.3 is 0 Å². The third-order valence-corrected chi connectivity index (χ3v) is 2.74. The lowest BCUT2D eigenvalue weighted by atomic mass is 9.89. The molecule has 12 heavy (non-hydrogen) atoms. The van der Waals surface area contributed by atoms with Crippen LogP contribution in [0.2, 0.25) is 0 Å². The van der Waals surface area contributed by atoms with Crippen LogP contribution >= 0.6 is 0 Å². The fourth-order valence-electron chi connectivity index (χ4n) is 2.18. The van der Waals surface area contributed by atoms with Crippen molar-refractivity contribution in [3.05, 3.63) is 0 Å². The molecule has 0 radical (unpaired) electrons. The summed E-state index contributed by atoms with van der Waals surface area (Å²) < 4.78 is 10.8. The van der Waals surface area contributed by atoms with Gasteiger partial charge in [0.1, 0.15) is 0 Å². The molecular weight excluding hydrogens is 154 g/mol. The number of hydrogen-bond acceptors (Lipinski definition) is 3. The third-order valence-electron chi connectivity index (χ3n) is 2.74. The van der Waals surface area contributed by atoms with Gasteiger partial charge in [-0.05, 0) is 26.2 Å². The highest BCUT2D eigenvalue weighted by molar-refractivity contribution is 5.76. The molecule has 3 heteroatoms. The van der Waals surface area contributed by atoms with Crippen molar-refractivity contribution in [1.82, 2.24) is 0 Å². The van der Waals surface area contributed by atoms with Crippen LogP contribution in [0.15, 0.2) is 0 Å². The summed E-state index contributed by atoms with van der Waals surface area (Å²) in [6.45, 7) is 2.52. The maximum atomic E-state index is 7.64. The third kappa shape index (κ3) is 1.22. The molecule has 0 aliphatic carbocycles. The zero-order valence-corrected chi connectivity index (χ0v) is 7.38. The van der Waals surface area contributed by atoms with E-state index in [2.05, 4.69) is 0 Å². The average molecular weight is 169 g/mol. The minimum atomic E-state index is 0.253. The monoisotopic (exact) mass is 169 g/mol. The van der Waals surface area contributed by atoms with Gasteiger partial charge in [0.05, 0.1) is 24.7 Å². The number of hydrogen-bond donors (Lipinski definition) is 1. The van der Waals surface area contributed by atoms with Crippen LogP contribution < -0.4 is 0 Å². The predicted octanol–water partition coefficient (Wildman–Crippen LogP) is 1.57. The second-order valence-electron chi connectivity index (χ2n) is 3.51. The molecule has 2 aliphatic rings. The molecule has 2 heterocycles. The van der Waals surface area contributed by atoms with Crippen LogP contribution in [-0.4, -0.2) is 24.7 Å². The van der Waals surface area contributed by atoms with Crippen LogP contribution in [0.4, 0.5) is 0 Å². The minimum absolute atomic E-state index is 0.253. The molecule has 0 amide bonds. The molecule has 3 atom stereocenters. The number of fused-ring (bicyclic) bond motifs is 2. The molecule has 2 saturated heterocycles. The normalized spacial score (nSPS) is 38.6. The lowest BCUT2D eigenvalue weighted by Gasteiger charge is -2.18. The Hall–Kier alpha value is -0.570. The van der Waals surface area contributed by atoms with Gasteiger partial charge in [0.25, 0.3) is 0 Å². The molecule has 3 nitrogen and oxygen atoms in total. The topological polar surface area (TPSA) is 42.3 Å². The van der Waals surface area contributed by atoms with Crippen molar-refractivity contribution in [3.8, 4) is 0 Å². The number of ether oxygens (including phenoxy) is 2. The summed E-state index contributed by atoms with van der Waals surface area (Å²) in [6, 6.07) is 0. The fraction of sp³-hybridized carbons (Fsp3) is 0.889. The molecule has 2 aliphatic heterocycles. The van der Waals surface area contributed by atoms with E-state index in [0.717, 1.165) is 12.8 Å². The average Bonchev–Trinajstić information content (AvgIpc) is 2.64. The Labute approximate surface area is 72.6 Å². The van der Waals surface area contributed by atoms with Crippen LogP contribution in [0.25, 0.3) is 0 Å². The first-order chi connectivity index (χ1) is 5.81. The molecule has 3 unspecified atom stereocenters. The molecule has 2 bridgehead atoms. The Balaban J connectivity index is 1.93. The SMILES string of the molecule is CCOC(=N)C1CC2CCC1O2. The molecule has 0 aromatic carbocycles. The van der Waals surface area contributed by atoms with E-state index >= 15 is 0 Å². The zero-order chi connectivity index (χ0) is 8.55. The summed E-state index contributed by atoms with van der Waals surface area (Å²) in [4.78, 5) is 0. The summed E-state index contributed by atoms with van der Waals surface area (Å²) in [5.41, 5.74) is 0. The first kappa shape index (κ1) is 8.05. The molecule has 0 aromatic heterocycles. The van der Waals surface area contributed by atoms with Crippen molar-refractivity contribution < 1.29 is 9.47 Å². The van der Waals surface area contributed by atoms with Crippen molar-refractivity contribution in [3.63, 3.8) is 0 Å². The maximum absolute atomic E-state index is 7.64. The van der Waals surface area contributed by atoms with E-state index in [0.29, 0.717) is 18.6 Å². The van der Waals surface area contributed by atoms with Gasteiger partial charge in [0.2, 0.25) is 0 Å². The van der Waals surface area contributed by atoms with Crippen molar-refractivity contribution >= 4 is 5.90 Å². The second kappa shape index (κ2) is 3.05. The summed E-state index contributed by atoms with van der Waals surface area (Å²) in [6.07, 6.45) is 4.00. The molecule has 68 valence electrons. The van der Waals surface area contributed by atoms with Crippen LogP contribution in [0.1, 0.15) is 26.2 Å². The Bertz CT molecular complexity index is 193. The van der Waals surface area contributed by atoms with E-state index in [4.69, 9.17) is 14.9 Å². The summed E-state index contributed by atoms with van der Waals surface area (Å²) >= 11 is 0. The van der Waals surface area contributed by atoms with E-state index < -0.39 is 0 Å². The van der Waals surface area contributed by atoms with Crippen LogP contribution in [0.3, 0.4) is 0 Å². The van der Waals surface area contributed by atoms with E-state index in [1.807, 2.05) is 6.92 Å². The Morgan fingerprint density at radius 1 is 1.58 bits per heavy atom. The summed E-state index contributed by atoms with van der Waals surface area (Å²) in [5, 5.41) is 7.64. The van der Waals surface area contributed by atoms with Gasteiger partial charge in [0.15, 0.2) is 5.90 Å². The zero-order valence-electron chi connectivity index (χ0n) is 7.38. The predicted molar refractivity (Wildman–Crippen MR) is 45.4 cm³/mol. The van der Waals surface area contributed by atoms with Gasteiger partial charge in [-0.15, -0.1) is 0 Å². The Morgan fingerprint density at radius 2 is 2.42 bits per heavy atom. The van der Waals surface area contributed by atoms with Crippen molar-refractivity contribution in [2.24, 2.45) is 5.92 Å². The van der Waals surface area contributed by atoms with Gasteiger partial charge in [-0.25, -0.2) is 0 Å². The smallest absolute Gasteiger partial charge is 0.186 e. The molecule has 0 spiro atoms. The largest absolute Gasteiger partial charge is 0.481 e. The maximum Gasteiger partial charge on any atom is 0.186 e. The highest BCUT2D eigenvalue weighted by Gasteiger charge is 2.43. The lowest BCUT2D eigenvalue weighted by Crippen LogP contribution is -2.26. The van der Waals surface area contributed by atoms with Gasteiger partial charge in [-0.1, -0.05) is 0 Å². The van der Waals surface area contributed by atoms with Crippen molar-refractivity contribution in [2.45, 2.75) is 38.4 Å². The number of rotatable bonds is 2. The van der Waals surface area contributed by atoms with Gasteiger partial charge in [0, 0.05) is 0 Å². The lowest BCUT2D eigenvalue weighted by molar-refractivity contribution is 0.0966. The minimum Gasteiger partial charge on any atom is -0.481 e. The first-order valence-corrected chi connectivity index (χ1v) is 4.68. The fourth-order valence-corrected chi connectivity index (χ4v) is 2.18. The molecule has 2 fully saturated rings. The van der Waals surface area contributed by atoms with Gasteiger partial charge in [-0.2, -0.15) is 0 Å². The highest BCUT2D eigenvalue weighted by atomic mass is 16.5. The van der Waals surface area contributed by atoms with E-state index in [9.17, 15) is 0 Å². The Morgan fingerprint density at radius 3 is 2.92 bits per heavy atom. The molecular formula is C9H15NO2. The number of nitrogens with one attached hydrogen (secondary N) is 1. The van der Waals surface area contributed by atoms with Crippen LogP contribution in [0, 0.1) is 11.3 Å². The van der Waals surface area contributed by atoms with Crippen molar-refractivity contribution in [1.29, 1.82) is 5.41 Å². The highest BCUT2D eigenvalue weighted by Crippen LogP contribution is 2.39. The Kier molecular flexibility index (Phi) is 2.05. The van der Waals surface area contributed by atoms with E-state index in [1.54, 1.807) is 0 Å². The van der Waals surface area contributed by atoms with E-state index in [1.165, 1.54) is 6.42 Å². The second-order valence-corrected chi connectivity index (χ2v) is 3.51. The van der Waals surface area contributed by atoms with E-state index in [-0.39, 0.29) is 12.0 Å². The van der Waals surface area contributed by atoms with Crippen LogP contribution in [-0.2, 0) is 9.47 Å². The quantitative estimate of drug-likeness (QED) is 0.503. The standard InChI is InChI=1S/C9H15NO2/c1-2-11-9(10)7-5-6-3-4-8(7)12-6/h6-8,10H,2-5H2,1H3.